The number of ketones is 1. The van der Waals surface area contributed by atoms with Gasteiger partial charge >= 0.3 is 12.2 Å². The fraction of sp³-hybridized carbons (Fsp3) is 0.500. The highest BCUT2D eigenvalue weighted by Gasteiger charge is 2.65. The molecule has 1 heterocycles. The summed E-state index contributed by atoms with van der Waals surface area (Å²) in [6.07, 6.45) is -5.29. The standard InChI is InChI=1S/C16H19F3N2O6/c1-7(22)11-12(20-14(23)21-15(11,24)16(17,18)19)8-5-9(25-2)13(27-4)10(6-8)26-3/h5-6,11-12,24H,1-4H3,(H2,20,21,23)/t11-,12-,15+/m0/s1. The smallest absolute Gasteiger partial charge is 0.437 e. The van der Waals surface area contributed by atoms with Gasteiger partial charge in [0.2, 0.25) is 11.5 Å². The number of benzene rings is 1. The van der Waals surface area contributed by atoms with Crippen molar-refractivity contribution in [1.29, 1.82) is 0 Å². The van der Waals surface area contributed by atoms with Gasteiger partial charge in [0.25, 0.3) is 0 Å². The number of hydrogen-bond acceptors (Lipinski definition) is 6. The van der Waals surface area contributed by atoms with Crippen molar-refractivity contribution in [2.45, 2.75) is 24.9 Å². The molecule has 8 nitrogen and oxygen atoms in total. The lowest BCUT2D eigenvalue weighted by atomic mass is 9.79. The summed E-state index contributed by atoms with van der Waals surface area (Å²) in [5, 5.41) is 13.9. The molecule has 2 amide bonds. The molecule has 1 aliphatic rings. The third kappa shape index (κ3) is 3.46. The van der Waals surface area contributed by atoms with Crippen molar-refractivity contribution in [3.05, 3.63) is 17.7 Å². The molecule has 0 unspecified atom stereocenters. The summed E-state index contributed by atoms with van der Waals surface area (Å²) in [6, 6.07) is -0.197. The molecule has 1 aliphatic heterocycles. The van der Waals surface area contributed by atoms with E-state index in [4.69, 9.17) is 14.2 Å². The van der Waals surface area contributed by atoms with E-state index in [9.17, 15) is 27.9 Å². The van der Waals surface area contributed by atoms with Crippen molar-refractivity contribution in [2.75, 3.05) is 21.3 Å². The highest BCUT2D eigenvalue weighted by Crippen LogP contribution is 2.46. The molecule has 1 fully saturated rings. The Morgan fingerprint density at radius 2 is 1.67 bits per heavy atom. The molecule has 27 heavy (non-hydrogen) atoms. The first-order valence-electron chi connectivity index (χ1n) is 7.68. The summed E-state index contributed by atoms with van der Waals surface area (Å²) in [4.78, 5) is 23.9. The van der Waals surface area contributed by atoms with E-state index in [-0.39, 0.29) is 22.8 Å². The molecule has 0 aliphatic carbocycles. The maximum atomic E-state index is 13.5. The topological polar surface area (TPSA) is 106 Å². The molecule has 150 valence electrons. The number of alkyl halides is 3. The van der Waals surface area contributed by atoms with Crippen LogP contribution in [0.15, 0.2) is 12.1 Å². The number of hydrogen-bond donors (Lipinski definition) is 3. The number of Topliss-reactive ketones (excluding diaryl/α,β-unsaturated/α-hetero) is 1. The van der Waals surface area contributed by atoms with Gasteiger partial charge in [-0.05, 0) is 24.6 Å². The number of aliphatic hydroxyl groups is 1. The summed E-state index contributed by atoms with van der Waals surface area (Å²) < 4.78 is 55.9. The number of ether oxygens (including phenoxy) is 3. The van der Waals surface area contributed by atoms with E-state index in [0.717, 1.165) is 6.92 Å². The maximum absolute atomic E-state index is 13.5. The van der Waals surface area contributed by atoms with Gasteiger partial charge in [0, 0.05) is 0 Å². The predicted molar refractivity (Wildman–Crippen MR) is 85.7 cm³/mol. The fourth-order valence-corrected chi connectivity index (χ4v) is 3.09. The normalized spacial score (nSPS) is 25.3. The molecule has 1 aromatic carbocycles. The summed E-state index contributed by atoms with van der Waals surface area (Å²) >= 11 is 0. The van der Waals surface area contributed by atoms with Crippen LogP contribution >= 0.6 is 0 Å². The van der Waals surface area contributed by atoms with Crippen molar-refractivity contribution in [1.82, 2.24) is 10.6 Å². The lowest BCUT2D eigenvalue weighted by molar-refractivity contribution is -0.290. The first-order chi connectivity index (χ1) is 12.5. The maximum Gasteiger partial charge on any atom is 0.437 e. The quantitative estimate of drug-likeness (QED) is 0.702. The summed E-state index contributed by atoms with van der Waals surface area (Å²) in [7, 11) is 3.94. The van der Waals surface area contributed by atoms with E-state index in [1.807, 2.05) is 0 Å². The van der Waals surface area contributed by atoms with Crippen LogP contribution in [0.4, 0.5) is 18.0 Å². The summed E-state index contributed by atoms with van der Waals surface area (Å²) in [5.74, 6) is -2.65. The third-order valence-electron chi connectivity index (χ3n) is 4.29. The Morgan fingerprint density at radius 3 is 2.04 bits per heavy atom. The van der Waals surface area contributed by atoms with Gasteiger partial charge in [-0.15, -0.1) is 0 Å². The average Bonchev–Trinajstić information content (AvgIpc) is 2.58. The van der Waals surface area contributed by atoms with E-state index in [2.05, 4.69) is 5.32 Å². The number of methoxy groups -OCH3 is 3. The van der Waals surface area contributed by atoms with Crippen LogP contribution in [0.3, 0.4) is 0 Å². The molecule has 0 spiro atoms. The van der Waals surface area contributed by atoms with Crippen LogP contribution in [0.25, 0.3) is 0 Å². The lowest BCUT2D eigenvalue weighted by Gasteiger charge is -2.44. The van der Waals surface area contributed by atoms with Crippen molar-refractivity contribution >= 4 is 11.8 Å². The molecular formula is C16H19F3N2O6. The second-order valence-electron chi connectivity index (χ2n) is 5.89. The van der Waals surface area contributed by atoms with Crippen LogP contribution in [0.2, 0.25) is 0 Å². The summed E-state index contributed by atoms with van der Waals surface area (Å²) in [5.41, 5.74) is -3.69. The van der Waals surface area contributed by atoms with Gasteiger partial charge in [-0.1, -0.05) is 0 Å². The fourth-order valence-electron chi connectivity index (χ4n) is 3.09. The molecular weight excluding hydrogens is 373 g/mol. The minimum absolute atomic E-state index is 0.0576. The van der Waals surface area contributed by atoms with Gasteiger partial charge in [0.1, 0.15) is 5.78 Å². The first kappa shape index (κ1) is 20.6. The lowest BCUT2D eigenvalue weighted by Crippen LogP contribution is -2.72. The van der Waals surface area contributed by atoms with E-state index in [1.54, 1.807) is 0 Å². The van der Waals surface area contributed by atoms with Gasteiger partial charge < -0.3 is 30.0 Å². The highest BCUT2D eigenvalue weighted by molar-refractivity contribution is 5.86. The molecule has 1 saturated heterocycles. The number of urea groups is 1. The number of amides is 2. The largest absolute Gasteiger partial charge is 0.493 e. The van der Waals surface area contributed by atoms with Gasteiger partial charge in [-0.3, -0.25) is 4.79 Å². The Bertz CT molecular complexity index is 729. The van der Waals surface area contributed by atoms with Crippen LogP contribution in [-0.2, 0) is 4.79 Å². The Morgan fingerprint density at radius 1 is 1.15 bits per heavy atom. The van der Waals surface area contributed by atoms with Crippen molar-refractivity contribution in [3.63, 3.8) is 0 Å². The first-order valence-corrected chi connectivity index (χ1v) is 7.68. The van der Waals surface area contributed by atoms with E-state index in [0.29, 0.717) is 0 Å². The minimum atomic E-state index is -5.29. The molecule has 0 radical (unpaired) electrons. The van der Waals surface area contributed by atoms with Crippen LogP contribution < -0.4 is 24.8 Å². The minimum Gasteiger partial charge on any atom is -0.493 e. The van der Waals surface area contributed by atoms with Gasteiger partial charge in [0.05, 0.1) is 33.3 Å². The van der Waals surface area contributed by atoms with Crippen LogP contribution in [0.1, 0.15) is 18.5 Å². The Balaban J connectivity index is 2.68. The number of rotatable bonds is 5. The second-order valence-corrected chi connectivity index (χ2v) is 5.89. The highest BCUT2D eigenvalue weighted by atomic mass is 19.4. The SMILES string of the molecule is COc1cc([C@@H]2NC(=O)N[C@](O)(C(F)(F)F)[C@H]2C(C)=O)cc(OC)c1OC. The zero-order valence-corrected chi connectivity index (χ0v) is 14.9. The van der Waals surface area contributed by atoms with Crippen molar-refractivity contribution < 1.29 is 42.1 Å². The van der Waals surface area contributed by atoms with E-state index >= 15 is 0 Å². The molecule has 0 aromatic heterocycles. The summed E-state index contributed by atoms with van der Waals surface area (Å²) in [6.45, 7) is 0.894. The number of nitrogens with one attached hydrogen (secondary N) is 2. The molecule has 0 bridgehead atoms. The van der Waals surface area contributed by atoms with Crippen LogP contribution in [0.5, 0.6) is 17.2 Å². The van der Waals surface area contributed by atoms with Gasteiger partial charge in [0.15, 0.2) is 11.5 Å². The van der Waals surface area contributed by atoms with E-state index in [1.165, 1.54) is 38.8 Å². The van der Waals surface area contributed by atoms with Crippen molar-refractivity contribution in [3.8, 4) is 17.2 Å². The zero-order chi connectivity index (χ0) is 20.6. The number of carbonyl (C=O) groups is 2. The zero-order valence-electron chi connectivity index (χ0n) is 14.9. The molecule has 1 aromatic rings. The van der Waals surface area contributed by atoms with Gasteiger partial charge in [-0.2, -0.15) is 13.2 Å². The molecule has 0 saturated carbocycles. The van der Waals surface area contributed by atoms with E-state index < -0.39 is 35.7 Å². The molecule has 3 N–H and O–H groups in total. The predicted octanol–water partition coefficient (Wildman–Crippen LogP) is 1.52. The van der Waals surface area contributed by atoms with Crippen molar-refractivity contribution in [2.24, 2.45) is 5.92 Å². The Hall–Kier alpha value is -2.69. The molecule has 11 heteroatoms. The van der Waals surface area contributed by atoms with Gasteiger partial charge in [-0.25, -0.2) is 4.79 Å². The number of carbonyl (C=O) groups excluding carboxylic acids is 2. The Kier molecular flexibility index (Phi) is 5.45. The van der Waals surface area contributed by atoms with Crippen LogP contribution in [-0.4, -0.2) is 50.2 Å². The molecule has 2 rings (SSSR count). The molecule has 3 atom stereocenters. The Labute approximate surface area is 152 Å². The average molecular weight is 392 g/mol. The monoisotopic (exact) mass is 392 g/mol. The second kappa shape index (κ2) is 7.14. The third-order valence-corrected chi connectivity index (χ3v) is 4.29. The van der Waals surface area contributed by atoms with Crippen LogP contribution in [0, 0.1) is 5.92 Å². The number of halogens is 3.